The van der Waals surface area contributed by atoms with Crippen LogP contribution in [0.2, 0.25) is 0 Å². The molecule has 0 radical (unpaired) electrons. The maximum Gasteiger partial charge on any atom is 0.241 e. The number of aromatic nitrogens is 2. The monoisotopic (exact) mass is 293 g/mol. The summed E-state index contributed by atoms with van der Waals surface area (Å²) in [5.74, 6) is 1.00. The Labute approximate surface area is 122 Å². The maximum atomic E-state index is 11.9. The van der Waals surface area contributed by atoms with Gasteiger partial charge in [0.2, 0.25) is 11.9 Å². The molecule has 2 N–H and O–H groups in total. The minimum atomic E-state index is 0.0316. The highest BCUT2D eigenvalue weighted by molar-refractivity contribution is 7.18. The second-order valence-electron chi connectivity index (χ2n) is 4.78. The number of hydrogen-bond donors (Lipinski definition) is 1. The molecular formula is C13H19N5OS. The number of amides is 1. The van der Waals surface area contributed by atoms with E-state index in [-0.39, 0.29) is 18.4 Å². The highest BCUT2D eigenvalue weighted by atomic mass is 32.1. The van der Waals surface area contributed by atoms with Gasteiger partial charge in [-0.25, -0.2) is 4.98 Å². The molecule has 0 aliphatic carbocycles. The van der Waals surface area contributed by atoms with Crippen molar-refractivity contribution >= 4 is 39.2 Å². The number of fused-ring (bicyclic) bond motifs is 1. The van der Waals surface area contributed by atoms with Crippen molar-refractivity contribution in [2.75, 3.05) is 37.8 Å². The van der Waals surface area contributed by atoms with Gasteiger partial charge in [-0.2, -0.15) is 4.98 Å². The van der Waals surface area contributed by atoms with Gasteiger partial charge in [-0.1, -0.05) is 0 Å². The summed E-state index contributed by atoms with van der Waals surface area (Å²) < 4.78 is 0. The van der Waals surface area contributed by atoms with Crippen LogP contribution in [-0.4, -0.2) is 48.0 Å². The number of thiophene rings is 1. The molecule has 2 rings (SSSR count). The minimum absolute atomic E-state index is 0.0316. The van der Waals surface area contributed by atoms with Crippen molar-refractivity contribution in [3.63, 3.8) is 0 Å². The lowest BCUT2D eigenvalue weighted by atomic mass is 10.3. The predicted molar refractivity (Wildman–Crippen MR) is 83.1 cm³/mol. The minimum Gasteiger partial charge on any atom is -0.368 e. The average Bonchev–Trinajstić information content (AvgIpc) is 2.74. The number of nitrogen functional groups attached to an aromatic ring is 1. The summed E-state index contributed by atoms with van der Waals surface area (Å²) >= 11 is 1.58. The Morgan fingerprint density at radius 3 is 2.70 bits per heavy atom. The molecular weight excluding hydrogens is 274 g/mol. The van der Waals surface area contributed by atoms with Crippen LogP contribution in [-0.2, 0) is 4.79 Å². The lowest BCUT2D eigenvalue weighted by Gasteiger charge is -2.23. The summed E-state index contributed by atoms with van der Waals surface area (Å²) in [6, 6.07) is 2.04. The highest BCUT2D eigenvalue weighted by Crippen LogP contribution is 2.31. The number of anilines is 2. The molecule has 0 atom stereocenters. The van der Waals surface area contributed by atoms with Crippen molar-refractivity contribution in [1.29, 1.82) is 0 Å². The molecule has 0 spiro atoms. The molecule has 0 aliphatic rings. The number of nitrogens with zero attached hydrogens (tertiary/aromatic N) is 4. The van der Waals surface area contributed by atoms with Crippen molar-refractivity contribution < 1.29 is 4.79 Å². The summed E-state index contributed by atoms with van der Waals surface area (Å²) in [5, 5.41) is 0.954. The number of carbonyl (C=O) groups excluding carboxylic acids is 1. The van der Waals surface area contributed by atoms with Gasteiger partial charge in [0.1, 0.15) is 10.6 Å². The maximum absolute atomic E-state index is 11.9. The van der Waals surface area contributed by atoms with Crippen LogP contribution < -0.4 is 10.6 Å². The molecule has 0 aliphatic heterocycles. The van der Waals surface area contributed by atoms with Gasteiger partial charge in [0, 0.05) is 25.5 Å². The van der Waals surface area contributed by atoms with E-state index in [0.29, 0.717) is 6.54 Å². The number of aryl methyl sites for hydroxylation is 1. The van der Waals surface area contributed by atoms with Crippen LogP contribution >= 0.6 is 11.3 Å². The molecule has 0 fully saturated rings. The van der Waals surface area contributed by atoms with E-state index in [9.17, 15) is 4.79 Å². The number of rotatable bonds is 4. The SMILES string of the molecule is CCN(CC(=O)N(C)C)c1nc(N)nc2sc(C)cc12. The first-order valence-corrected chi connectivity index (χ1v) is 7.22. The number of likely N-dealkylation sites (N-methyl/N-ethyl adjacent to an activating group) is 2. The number of hydrogen-bond acceptors (Lipinski definition) is 6. The molecule has 108 valence electrons. The fraction of sp³-hybridized carbons (Fsp3) is 0.462. The molecule has 7 heteroatoms. The van der Waals surface area contributed by atoms with Gasteiger partial charge < -0.3 is 15.5 Å². The van der Waals surface area contributed by atoms with Gasteiger partial charge >= 0.3 is 0 Å². The van der Waals surface area contributed by atoms with Gasteiger partial charge in [0.15, 0.2) is 0 Å². The largest absolute Gasteiger partial charge is 0.368 e. The van der Waals surface area contributed by atoms with Crippen LogP contribution in [0.3, 0.4) is 0 Å². The number of nitrogens with two attached hydrogens (primary N) is 1. The van der Waals surface area contributed by atoms with Gasteiger partial charge in [-0.05, 0) is 19.9 Å². The quantitative estimate of drug-likeness (QED) is 0.924. The lowest BCUT2D eigenvalue weighted by Crippen LogP contribution is -2.37. The predicted octanol–water partition coefficient (Wildman–Crippen LogP) is 1.50. The van der Waals surface area contributed by atoms with E-state index >= 15 is 0 Å². The van der Waals surface area contributed by atoms with E-state index in [1.54, 1.807) is 30.3 Å². The van der Waals surface area contributed by atoms with Crippen LogP contribution in [0.4, 0.5) is 11.8 Å². The van der Waals surface area contributed by atoms with Crippen LogP contribution in [0.5, 0.6) is 0 Å². The Kier molecular flexibility index (Phi) is 4.08. The Balaban J connectivity index is 2.45. The van der Waals surface area contributed by atoms with Crippen molar-refractivity contribution in [2.24, 2.45) is 0 Å². The molecule has 0 saturated carbocycles. The third-order valence-electron chi connectivity index (χ3n) is 3.02. The van der Waals surface area contributed by atoms with Crippen LogP contribution in [0.25, 0.3) is 10.2 Å². The molecule has 0 unspecified atom stereocenters. The Hall–Kier alpha value is -1.89. The Morgan fingerprint density at radius 1 is 1.40 bits per heavy atom. The molecule has 0 aromatic carbocycles. The van der Waals surface area contributed by atoms with Gasteiger partial charge in [0.25, 0.3) is 0 Å². The molecule has 0 bridgehead atoms. The van der Waals surface area contributed by atoms with E-state index in [4.69, 9.17) is 5.73 Å². The summed E-state index contributed by atoms with van der Waals surface area (Å²) in [4.78, 5) is 26.0. The van der Waals surface area contributed by atoms with Crippen LogP contribution in [0.1, 0.15) is 11.8 Å². The summed E-state index contributed by atoms with van der Waals surface area (Å²) in [6.07, 6.45) is 0. The zero-order chi connectivity index (χ0) is 14.9. The third kappa shape index (κ3) is 2.82. The van der Waals surface area contributed by atoms with E-state index in [1.807, 2.05) is 24.8 Å². The third-order valence-corrected chi connectivity index (χ3v) is 3.96. The van der Waals surface area contributed by atoms with Gasteiger partial charge in [-0.15, -0.1) is 11.3 Å². The molecule has 1 amide bonds. The first-order chi connectivity index (χ1) is 9.42. The van der Waals surface area contributed by atoms with Crippen molar-refractivity contribution in [3.05, 3.63) is 10.9 Å². The van der Waals surface area contributed by atoms with Crippen molar-refractivity contribution in [2.45, 2.75) is 13.8 Å². The normalized spacial score (nSPS) is 10.8. The van der Waals surface area contributed by atoms with E-state index in [0.717, 1.165) is 20.9 Å². The second-order valence-corrected chi connectivity index (χ2v) is 6.02. The lowest BCUT2D eigenvalue weighted by molar-refractivity contribution is -0.127. The smallest absolute Gasteiger partial charge is 0.241 e. The number of carbonyl (C=O) groups is 1. The first-order valence-electron chi connectivity index (χ1n) is 6.41. The molecule has 2 heterocycles. The molecule has 2 aromatic rings. The zero-order valence-electron chi connectivity index (χ0n) is 12.2. The fourth-order valence-corrected chi connectivity index (χ4v) is 2.81. The van der Waals surface area contributed by atoms with E-state index < -0.39 is 0 Å². The summed E-state index contributed by atoms with van der Waals surface area (Å²) in [7, 11) is 3.49. The molecule has 2 aromatic heterocycles. The standard InChI is InChI=1S/C13H19N5OS/c1-5-18(7-10(19)17(3)4)11-9-6-8(2)20-12(9)16-13(14)15-11/h6H,5,7H2,1-4H3,(H2,14,15,16). The van der Waals surface area contributed by atoms with E-state index in [2.05, 4.69) is 9.97 Å². The Morgan fingerprint density at radius 2 is 2.10 bits per heavy atom. The van der Waals surface area contributed by atoms with Crippen LogP contribution in [0.15, 0.2) is 6.07 Å². The van der Waals surface area contributed by atoms with Crippen molar-refractivity contribution in [1.82, 2.24) is 14.9 Å². The highest BCUT2D eigenvalue weighted by Gasteiger charge is 2.17. The average molecular weight is 293 g/mol. The molecule has 6 nitrogen and oxygen atoms in total. The van der Waals surface area contributed by atoms with Crippen LogP contribution in [0, 0.1) is 6.92 Å². The van der Waals surface area contributed by atoms with Crippen molar-refractivity contribution in [3.8, 4) is 0 Å². The first kappa shape index (κ1) is 14.5. The molecule has 0 saturated heterocycles. The molecule has 20 heavy (non-hydrogen) atoms. The van der Waals surface area contributed by atoms with Gasteiger partial charge in [-0.3, -0.25) is 4.79 Å². The second kappa shape index (κ2) is 5.62. The van der Waals surface area contributed by atoms with E-state index in [1.165, 1.54) is 0 Å². The topological polar surface area (TPSA) is 75.4 Å². The summed E-state index contributed by atoms with van der Waals surface area (Å²) in [6.45, 7) is 4.98. The Bertz CT molecular complexity index is 637. The zero-order valence-corrected chi connectivity index (χ0v) is 13.0. The summed E-state index contributed by atoms with van der Waals surface area (Å²) in [5.41, 5.74) is 5.78. The van der Waals surface area contributed by atoms with Gasteiger partial charge in [0.05, 0.1) is 11.9 Å². The fourth-order valence-electron chi connectivity index (χ4n) is 1.93.